The second-order valence-corrected chi connectivity index (χ2v) is 22.3. The van der Waals surface area contributed by atoms with Crippen LogP contribution >= 0.6 is 0 Å². The number of rotatable bonds is 54. The van der Waals surface area contributed by atoms with Gasteiger partial charge in [-0.1, -0.05) is 224 Å². The van der Waals surface area contributed by atoms with Crippen LogP contribution in [0.2, 0.25) is 0 Å². The number of hydrogen-bond acceptors (Lipinski definition) is 4. The molecule has 0 N–H and O–H groups in total. The SMILES string of the molecule is CCCCCCCCC=CCCCCCCCC(=O)OCC(CCCCCCCC/C=C\CCCCCCCC)(CCC[N+](C)(C)C)COC(=O)CCCCCCC/C=C\CCCCCCCC.[Cl-]. The molecule has 0 aliphatic rings. The predicted molar refractivity (Wildman–Crippen MR) is 299 cm³/mol. The van der Waals surface area contributed by atoms with E-state index in [1.807, 2.05) is 0 Å². The molecule has 0 aromatic carbocycles. The molecule has 408 valence electrons. The number of carbonyl (C=O) groups excluding carboxylic acids is 2. The topological polar surface area (TPSA) is 52.6 Å². The van der Waals surface area contributed by atoms with Crippen LogP contribution in [0, 0.1) is 5.41 Å². The van der Waals surface area contributed by atoms with Crippen molar-refractivity contribution >= 4 is 11.9 Å². The Hall–Kier alpha value is -1.59. The standard InChI is InChI=1S/C63H120NO4.ClH/c1-7-10-13-16-19-22-25-28-31-34-37-40-43-46-49-52-56-63(57-53-58-64(4,5)6,59-67-61(65)54-50-47-44-41-38-35-32-29-26-23-20-17-14-11-8-2)60-68-62(66)55-51-48-45-42-39-36-33-30-27-24-21-18-15-12-9-3;/h28-33H,7-27,34-60H2,1-6H3;1H/q+1;/p-1/b31-28-,32-29-,33-30?;. The molecule has 0 heterocycles. The molecule has 0 bridgehead atoms. The summed E-state index contributed by atoms with van der Waals surface area (Å²) in [5.41, 5.74) is -0.327. The Kier molecular flexibility index (Phi) is 54.6. The highest BCUT2D eigenvalue weighted by atomic mass is 35.5. The predicted octanol–water partition coefficient (Wildman–Crippen LogP) is 17.1. The average Bonchev–Trinajstić information content (AvgIpc) is 3.32. The van der Waals surface area contributed by atoms with Crippen molar-refractivity contribution in [1.82, 2.24) is 0 Å². The van der Waals surface area contributed by atoms with Crippen LogP contribution in [0.5, 0.6) is 0 Å². The first-order valence-corrected chi connectivity index (χ1v) is 30.2. The first-order valence-electron chi connectivity index (χ1n) is 30.2. The fourth-order valence-electron chi connectivity index (χ4n) is 9.42. The van der Waals surface area contributed by atoms with Gasteiger partial charge in [-0.3, -0.25) is 9.59 Å². The molecule has 0 aromatic rings. The third-order valence-corrected chi connectivity index (χ3v) is 14.1. The minimum absolute atomic E-state index is 0. The van der Waals surface area contributed by atoms with Gasteiger partial charge in [0.15, 0.2) is 0 Å². The number of esters is 2. The van der Waals surface area contributed by atoms with Gasteiger partial charge in [-0.25, -0.2) is 0 Å². The van der Waals surface area contributed by atoms with E-state index < -0.39 is 0 Å². The van der Waals surface area contributed by atoms with Crippen molar-refractivity contribution in [1.29, 1.82) is 0 Å². The van der Waals surface area contributed by atoms with Crippen LogP contribution in [-0.4, -0.2) is 57.3 Å². The lowest BCUT2D eigenvalue weighted by atomic mass is 9.79. The summed E-state index contributed by atoms with van der Waals surface area (Å²) in [7, 11) is 6.74. The van der Waals surface area contributed by atoms with Gasteiger partial charge in [0.05, 0.1) is 27.7 Å². The lowest BCUT2D eigenvalue weighted by molar-refractivity contribution is -0.870. The van der Waals surface area contributed by atoms with Gasteiger partial charge in [0.25, 0.3) is 0 Å². The van der Waals surface area contributed by atoms with E-state index in [4.69, 9.17) is 9.47 Å². The van der Waals surface area contributed by atoms with E-state index in [9.17, 15) is 9.59 Å². The molecular formula is C63H120ClNO4. The number of quaternary nitrogens is 1. The average molecular weight is 991 g/mol. The monoisotopic (exact) mass is 990 g/mol. The summed E-state index contributed by atoms with van der Waals surface area (Å²) in [5.74, 6) is -0.168. The Morgan fingerprint density at radius 2 is 0.594 bits per heavy atom. The molecule has 0 aromatic heterocycles. The minimum atomic E-state index is -0.327. The Balaban J connectivity index is 0. The molecule has 0 amide bonds. The quantitative estimate of drug-likeness (QED) is 0.0264. The molecule has 1 atom stereocenters. The van der Waals surface area contributed by atoms with Gasteiger partial charge in [0.2, 0.25) is 0 Å². The number of hydrogen-bond donors (Lipinski definition) is 0. The fourth-order valence-corrected chi connectivity index (χ4v) is 9.42. The summed E-state index contributed by atoms with van der Waals surface area (Å²) < 4.78 is 13.2. The van der Waals surface area contributed by atoms with Crippen molar-refractivity contribution in [2.24, 2.45) is 5.41 Å². The Bertz CT molecular complexity index is 1100. The van der Waals surface area contributed by atoms with Gasteiger partial charge in [0.1, 0.15) is 13.2 Å². The molecule has 5 nitrogen and oxygen atoms in total. The molecule has 0 spiro atoms. The number of unbranched alkanes of at least 4 members (excludes halogenated alkanes) is 34. The molecule has 0 aliphatic heterocycles. The summed E-state index contributed by atoms with van der Waals surface area (Å²) in [5, 5.41) is 0. The number of nitrogens with zero attached hydrogens (tertiary/aromatic N) is 1. The highest BCUT2D eigenvalue weighted by Gasteiger charge is 2.34. The van der Waals surface area contributed by atoms with Crippen molar-refractivity contribution in [3.63, 3.8) is 0 Å². The van der Waals surface area contributed by atoms with Gasteiger partial charge in [-0.15, -0.1) is 0 Å². The molecule has 0 radical (unpaired) electrons. The van der Waals surface area contributed by atoms with Gasteiger partial charge in [-0.05, 0) is 109 Å². The fraction of sp³-hybridized carbons (Fsp3) is 0.873. The van der Waals surface area contributed by atoms with Crippen LogP contribution in [0.1, 0.15) is 310 Å². The minimum Gasteiger partial charge on any atom is -1.00 e. The van der Waals surface area contributed by atoms with Gasteiger partial charge in [0, 0.05) is 18.3 Å². The molecule has 0 saturated heterocycles. The van der Waals surface area contributed by atoms with E-state index in [1.165, 1.54) is 225 Å². The summed E-state index contributed by atoms with van der Waals surface area (Å²) in [6.07, 6.45) is 68.6. The highest BCUT2D eigenvalue weighted by Crippen LogP contribution is 2.33. The zero-order valence-electron chi connectivity index (χ0n) is 47.4. The van der Waals surface area contributed by atoms with E-state index in [0.717, 1.165) is 62.4 Å². The van der Waals surface area contributed by atoms with E-state index in [-0.39, 0.29) is 29.8 Å². The van der Waals surface area contributed by atoms with Gasteiger partial charge in [-0.2, -0.15) is 0 Å². The zero-order chi connectivity index (χ0) is 49.8. The molecular weight excluding hydrogens is 870 g/mol. The molecule has 0 saturated carbocycles. The molecule has 0 rings (SSSR count). The molecule has 1 unspecified atom stereocenters. The summed E-state index contributed by atoms with van der Waals surface area (Å²) in [4.78, 5) is 26.5. The number of carbonyl (C=O) groups is 2. The third-order valence-electron chi connectivity index (χ3n) is 14.1. The molecule has 0 fully saturated rings. The van der Waals surface area contributed by atoms with Crippen molar-refractivity contribution in [3.05, 3.63) is 36.5 Å². The van der Waals surface area contributed by atoms with Crippen LogP contribution < -0.4 is 12.4 Å². The maximum absolute atomic E-state index is 13.2. The van der Waals surface area contributed by atoms with Crippen LogP contribution in [0.25, 0.3) is 0 Å². The molecule has 69 heavy (non-hydrogen) atoms. The maximum atomic E-state index is 13.2. The third kappa shape index (κ3) is 54.0. The lowest BCUT2D eigenvalue weighted by Crippen LogP contribution is -3.00. The number of allylic oxidation sites excluding steroid dienone is 6. The van der Waals surface area contributed by atoms with E-state index in [2.05, 4.69) is 78.4 Å². The second-order valence-electron chi connectivity index (χ2n) is 22.3. The summed E-state index contributed by atoms with van der Waals surface area (Å²) >= 11 is 0. The maximum Gasteiger partial charge on any atom is 0.305 e. The Morgan fingerprint density at radius 1 is 0.348 bits per heavy atom. The Morgan fingerprint density at radius 3 is 0.884 bits per heavy atom. The van der Waals surface area contributed by atoms with Crippen LogP contribution in [0.15, 0.2) is 36.5 Å². The summed E-state index contributed by atoms with van der Waals surface area (Å²) in [6.45, 7) is 8.61. The normalized spacial score (nSPS) is 12.9. The first kappa shape index (κ1) is 69.5. The van der Waals surface area contributed by atoms with Crippen molar-refractivity contribution in [2.45, 2.75) is 310 Å². The van der Waals surface area contributed by atoms with E-state index in [0.29, 0.717) is 26.1 Å². The van der Waals surface area contributed by atoms with Gasteiger partial charge < -0.3 is 26.4 Å². The number of halogens is 1. The number of ether oxygens (including phenoxy) is 2. The van der Waals surface area contributed by atoms with Crippen molar-refractivity contribution in [3.8, 4) is 0 Å². The van der Waals surface area contributed by atoms with Crippen molar-refractivity contribution < 1.29 is 36.0 Å². The molecule has 6 heteroatoms. The Labute approximate surface area is 438 Å². The largest absolute Gasteiger partial charge is 1.00 e. The van der Waals surface area contributed by atoms with Crippen molar-refractivity contribution in [2.75, 3.05) is 40.9 Å². The van der Waals surface area contributed by atoms with E-state index >= 15 is 0 Å². The van der Waals surface area contributed by atoms with Crippen LogP contribution in [0.4, 0.5) is 0 Å². The zero-order valence-corrected chi connectivity index (χ0v) is 48.1. The van der Waals surface area contributed by atoms with Gasteiger partial charge >= 0.3 is 11.9 Å². The molecule has 0 aliphatic carbocycles. The lowest BCUT2D eigenvalue weighted by Gasteiger charge is -2.34. The van der Waals surface area contributed by atoms with Crippen LogP contribution in [-0.2, 0) is 19.1 Å². The van der Waals surface area contributed by atoms with Crippen LogP contribution in [0.3, 0.4) is 0 Å². The van der Waals surface area contributed by atoms with E-state index in [1.54, 1.807) is 0 Å². The summed E-state index contributed by atoms with van der Waals surface area (Å²) in [6, 6.07) is 0. The second kappa shape index (κ2) is 54.2. The smallest absolute Gasteiger partial charge is 0.305 e. The highest BCUT2D eigenvalue weighted by molar-refractivity contribution is 5.69. The first-order chi connectivity index (χ1) is 33.2.